The molecule has 0 bridgehead atoms. The molecule has 0 spiro atoms. The fourth-order valence-electron chi connectivity index (χ4n) is 1.46. The molecule has 0 aliphatic rings. The zero-order chi connectivity index (χ0) is 14.3. The number of anilines is 1. The molecule has 0 aliphatic carbocycles. The molecule has 0 unspecified atom stereocenters. The largest absolute Gasteiger partial charge is 0.359 e. The van der Waals surface area contributed by atoms with Crippen molar-refractivity contribution < 1.29 is 12.9 Å². The van der Waals surface area contributed by atoms with Crippen LogP contribution in [0.15, 0.2) is 27.1 Å². The van der Waals surface area contributed by atoms with E-state index in [0.717, 1.165) is 4.88 Å². The number of hydrogen-bond donors (Lipinski definition) is 1. The van der Waals surface area contributed by atoms with Gasteiger partial charge < -0.3 is 4.52 Å². The van der Waals surface area contributed by atoms with Gasteiger partial charge >= 0.3 is 0 Å². The Balaban J connectivity index is 2.30. The summed E-state index contributed by atoms with van der Waals surface area (Å²) in [6, 6.07) is 3.47. The molecule has 0 aliphatic heterocycles. The third-order valence-corrected chi connectivity index (χ3v) is 5.95. The first-order valence-corrected chi connectivity index (χ1v) is 8.04. The van der Waals surface area contributed by atoms with Gasteiger partial charge in [-0.15, -0.1) is 11.3 Å². The van der Waals surface area contributed by atoms with Crippen molar-refractivity contribution in [3.63, 3.8) is 0 Å². The van der Waals surface area contributed by atoms with Crippen molar-refractivity contribution >= 4 is 27.0 Å². The smallest absolute Gasteiger partial charge is 0.271 e. The monoisotopic (exact) mass is 300 g/mol. The van der Waals surface area contributed by atoms with E-state index in [1.807, 2.05) is 26.8 Å². The molecular formula is C12H16N2O3S2. The lowest BCUT2D eigenvalue weighted by Gasteiger charge is -2.15. The van der Waals surface area contributed by atoms with Crippen molar-refractivity contribution in [2.45, 2.75) is 37.3 Å². The molecule has 1 N–H and O–H groups in total. The summed E-state index contributed by atoms with van der Waals surface area (Å²) >= 11 is 1.27. The van der Waals surface area contributed by atoms with Gasteiger partial charge in [-0.3, -0.25) is 4.72 Å². The Morgan fingerprint density at radius 1 is 1.32 bits per heavy atom. The van der Waals surface area contributed by atoms with E-state index in [-0.39, 0.29) is 9.62 Å². The molecule has 0 saturated carbocycles. The first-order valence-electron chi connectivity index (χ1n) is 5.74. The normalized spacial score (nSPS) is 12.6. The Kier molecular flexibility index (Phi) is 3.44. The third-order valence-electron chi connectivity index (χ3n) is 2.58. The maximum Gasteiger partial charge on any atom is 0.271 e. The number of nitrogens with one attached hydrogen (secondary N) is 1. The van der Waals surface area contributed by atoms with Gasteiger partial charge in [0.25, 0.3) is 10.0 Å². The van der Waals surface area contributed by atoms with E-state index in [9.17, 15) is 8.42 Å². The summed E-state index contributed by atoms with van der Waals surface area (Å²) in [5.74, 6) is 0.441. The maximum absolute atomic E-state index is 12.2. The average molecular weight is 300 g/mol. The van der Waals surface area contributed by atoms with Crippen LogP contribution in [0.25, 0.3) is 0 Å². The van der Waals surface area contributed by atoms with Gasteiger partial charge in [-0.2, -0.15) is 0 Å². The van der Waals surface area contributed by atoms with Crippen LogP contribution in [0.3, 0.4) is 0 Å². The lowest BCUT2D eigenvalue weighted by molar-refractivity contribution is 0.398. The lowest BCUT2D eigenvalue weighted by Crippen LogP contribution is -2.12. The van der Waals surface area contributed by atoms with E-state index in [2.05, 4.69) is 9.88 Å². The maximum atomic E-state index is 12.2. The summed E-state index contributed by atoms with van der Waals surface area (Å²) in [4.78, 5) is 1.02. The summed E-state index contributed by atoms with van der Waals surface area (Å²) in [5.41, 5.74) is 0.302. The summed E-state index contributed by atoms with van der Waals surface area (Å²) in [6.45, 7) is 7.80. The van der Waals surface area contributed by atoms with Crippen LogP contribution in [0.2, 0.25) is 0 Å². The first-order chi connectivity index (χ1) is 8.70. The average Bonchev–Trinajstić information content (AvgIpc) is 2.87. The zero-order valence-corrected chi connectivity index (χ0v) is 12.9. The molecule has 2 rings (SSSR count). The van der Waals surface area contributed by atoms with Crippen molar-refractivity contribution in [1.29, 1.82) is 0 Å². The summed E-state index contributed by atoms with van der Waals surface area (Å²) in [6.07, 6.45) is 1.35. The highest BCUT2D eigenvalue weighted by Gasteiger charge is 2.23. The molecule has 0 fully saturated rings. The van der Waals surface area contributed by atoms with Gasteiger partial charge in [0.05, 0.1) is 6.20 Å². The van der Waals surface area contributed by atoms with E-state index >= 15 is 0 Å². The van der Waals surface area contributed by atoms with E-state index in [0.29, 0.717) is 11.4 Å². The fraction of sp³-hybridized carbons (Fsp3) is 0.417. The van der Waals surface area contributed by atoms with Gasteiger partial charge in [-0.25, -0.2) is 8.42 Å². The molecule has 0 atom stereocenters. The Bertz CT molecular complexity index is 678. The number of hydrogen-bond acceptors (Lipinski definition) is 5. The number of thiophene rings is 1. The molecule has 0 radical (unpaired) electrons. The highest BCUT2D eigenvalue weighted by molar-refractivity contribution is 7.94. The topological polar surface area (TPSA) is 72.2 Å². The second-order valence-corrected chi connectivity index (χ2v) is 8.26. The number of sulfonamides is 1. The second kappa shape index (κ2) is 4.64. The predicted molar refractivity (Wildman–Crippen MR) is 75.1 cm³/mol. The van der Waals surface area contributed by atoms with Crippen molar-refractivity contribution in [2.75, 3.05) is 4.72 Å². The van der Waals surface area contributed by atoms with Crippen LogP contribution in [0.1, 0.15) is 31.4 Å². The Morgan fingerprint density at radius 2 is 2.00 bits per heavy atom. The van der Waals surface area contributed by atoms with Crippen LogP contribution in [0.4, 0.5) is 5.69 Å². The van der Waals surface area contributed by atoms with Gasteiger partial charge in [0, 0.05) is 4.88 Å². The minimum absolute atomic E-state index is 0.0639. The SMILES string of the molecule is Cc1oncc1NS(=O)(=O)c1ccc(C(C)(C)C)s1. The molecule has 0 amide bonds. The van der Waals surface area contributed by atoms with Crippen LogP contribution < -0.4 is 4.72 Å². The number of aromatic nitrogens is 1. The van der Waals surface area contributed by atoms with Gasteiger partial charge in [0.1, 0.15) is 9.90 Å². The highest BCUT2D eigenvalue weighted by atomic mass is 32.2. The van der Waals surface area contributed by atoms with Crippen molar-refractivity contribution in [3.8, 4) is 0 Å². The number of rotatable bonds is 3. The van der Waals surface area contributed by atoms with Crippen LogP contribution >= 0.6 is 11.3 Å². The van der Waals surface area contributed by atoms with E-state index in [1.165, 1.54) is 17.5 Å². The molecule has 0 saturated heterocycles. The lowest BCUT2D eigenvalue weighted by atomic mass is 9.95. The first kappa shape index (κ1) is 14.1. The van der Waals surface area contributed by atoms with Crippen LogP contribution in [-0.2, 0) is 15.4 Å². The summed E-state index contributed by atoms with van der Waals surface area (Å²) < 4.78 is 32.0. The van der Waals surface area contributed by atoms with Crippen molar-refractivity contribution in [1.82, 2.24) is 5.16 Å². The van der Waals surface area contributed by atoms with E-state index in [1.54, 1.807) is 13.0 Å². The predicted octanol–water partition coefficient (Wildman–Crippen LogP) is 3.14. The van der Waals surface area contributed by atoms with Gasteiger partial charge in [-0.1, -0.05) is 25.9 Å². The van der Waals surface area contributed by atoms with Crippen LogP contribution in [0.5, 0.6) is 0 Å². The Labute approximate surface area is 116 Å². The molecule has 104 valence electrons. The summed E-state index contributed by atoms with van der Waals surface area (Å²) in [7, 11) is -3.58. The van der Waals surface area contributed by atoms with E-state index < -0.39 is 10.0 Å². The van der Waals surface area contributed by atoms with Gasteiger partial charge in [0.15, 0.2) is 5.76 Å². The molecule has 2 aromatic rings. The third kappa shape index (κ3) is 2.98. The molecule has 2 aromatic heterocycles. The number of aryl methyl sites for hydroxylation is 1. The molecule has 5 nitrogen and oxygen atoms in total. The van der Waals surface area contributed by atoms with Gasteiger partial charge in [0.2, 0.25) is 0 Å². The van der Waals surface area contributed by atoms with Crippen LogP contribution in [0, 0.1) is 6.92 Å². The molecule has 7 heteroatoms. The Hall–Kier alpha value is -1.34. The fourth-order valence-corrected chi connectivity index (χ4v) is 3.92. The van der Waals surface area contributed by atoms with E-state index in [4.69, 9.17) is 4.52 Å². The molecular weight excluding hydrogens is 284 g/mol. The molecule has 2 heterocycles. The zero-order valence-electron chi connectivity index (χ0n) is 11.2. The van der Waals surface area contributed by atoms with Gasteiger partial charge in [-0.05, 0) is 24.5 Å². The number of nitrogens with zero attached hydrogens (tertiary/aromatic N) is 1. The van der Waals surface area contributed by atoms with Crippen LogP contribution in [-0.4, -0.2) is 13.6 Å². The quantitative estimate of drug-likeness (QED) is 0.945. The van der Waals surface area contributed by atoms with Crippen molar-refractivity contribution in [3.05, 3.63) is 29.0 Å². The summed E-state index contributed by atoms with van der Waals surface area (Å²) in [5, 5.41) is 3.55. The minimum Gasteiger partial charge on any atom is -0.359 e. The Morgan fingerprint density at radius 3 is 2.47 bits per heavy atom. The highest BCUT2D eigenvalue weighted by Crippen LogP contribution is 2.32. The standard InChI is InChI=1S/C12H16N2O3S2/c1-8-9(7-13-17-8)14-19(15,16)11-6-5-10(18-11)12(2,3)4/h5-7,14H,1-4H3. The molecule has 19 heavy (non-hydrogen) atoms. The minimum atomic E-state index is -3.58. The van der Waals surface area contributed by atoms with Crippen molar-refractivity contribution in [2.24, 2.45) is 0 Å². The molecule has 0 aromatic carbocycles. The second-order valence-electron chi connectivity index (χ2n) is 5.27.